The number of amides is 1. The maximum atomic E-state index is 12.7. The van der Waals surface area contributed by atoms with Crippen molar-refractivity contribution < 1.29 is 4.79 Å². The molecule has 0 aliphatic rings. The van der Waals surface area contributed by atoms with Gasteiger partial charge in [0.05, 0.1) is 11.0 Å². The molecule has 0 saturated carbocycles. The molecule has 5 heteroatoms. The van der Waals surface area contributed by atoms with Crippen molar-refractivity contribution in [1.29, 1.82) is 0 Å². The Kier molecular flexibility index (Phi) is 3.42. The Morgan fingerprint density at radius 1 is 1.00 bits per heavy atom. The van der Waals surface area contributed by atoms with Crippen LogP contribution in [0.5, 0.6) is 0 Å². The Bertz CT molecular complexity index is 1170. The van der Waals surface area contributed by atoms with Crippen molar-refractivity contribution in [2.75, 3.05) is 5.32 Å². The van der Waals surface area contributed by atoms with E-state index in [1.165, 1.54) is 6.92 Å². The fraction of sp³-hybridized carbons (Fsp3) is 0.100. The number of carbonyl (C=O) groups excluding carboxylic acids is 1. The van der Waals surface area contributed by atoms with E-state index in [2.05, 4.69) is 15.3 Å². The molecule has 0 aliphatic carbocycles. The number of pyridine rings is 1. The molecule has 5 nitrogen and oxygen atoms in total. The molecule has 2 heterocycles. The van der Waals surface area contributed by atoms with E-state index >= 15 is 0 Å². The van der Waals surface area contributed by atoms with Gasteiger partial charge in [-0.25, -0.2) is 0 Å². The van der Waals surface area contributed by atoms with Crippen LogP contribution in [-0.2, 0) is 4.79 Å². The first kappa shape index (κ1) is 15.2. The van der Waals surface area contributed by atoms with Crippen molar-refractivity contribution in [2.24, 2.45) is 0 Å². The first-order chi connectivity index (χ1) is 12.0. The van der Waals surface area contributed by atoms with Gasteiger partial charge in [0.1, 0.15) is 5.69 Å². The highest BCUT2D eigenvalue weighted by atomic mass is 16.2. The number of H-pyrrole nitrogens is 2. The van der Waals surface area contributed by atoms with Gasteiger partial charge < -0.3 is 15.3 Å². The van der Waals surface area contributed by atoms with Crippen LogP contribution >= 0.6 is 0 Å². The van der Waals surface area contributed by atoms with Gasteiger partial charge in [-0.2, -0.15) is 0 Å². The van der Waals surface area contributed by atoms with Crippen molar-refractivity contribution >= 4 is 33.5 Å². The van der Waals surface area contributed by atoms with Gasteiger partial charge in [0, 0.05) is 23.4 Å². The first-order valence-electron chi connectivity index (χ1n) is 8.06. The Hall–Kier alpha value is -3.34. The van der Waals surface area contributed by atoms with Crippen LogP contribution in [0.2, 0.25) is 0 Å². The van der Waals surface area contributed by atoms with Crippen molar-refractivity contribution in [3.8, 4) is 11.1 Å². The second kappa shape index (κ2) is 5.63. The molecule has 4 rings (SSSR count). The molecule has 0 unspecified atom stereocenters. The number of benzene rings is 2. The lowest BCUT2D eigenvalue weighted by atomic mass is 10.0. The van der Waals surface area contributed by atoms with Crippen LogP contribution in [0.15, 0.2) is 53.3 Å². The third kappa shape index (κ3) is 2.50. The highest BCUT2D eigenvalue weighted by Gasteiger charge is 2.18. The van der Waals surface area contributed by atoms with Crippen molar-refractivity contribution in [1.82, 2.24) is 9.97 Å². The molecule has 2 aromatic heterocycles. The Morgan fingerprint density at radius 2 is 1.76 bits per heavy atom. The second-order valence-corrected chi connectivity index (χ2v) is 6.18. The van der Waals surface area contributed by atoms with E-state index in [1.807, 2.05) is 55.5 Å². The number of rotatable bonds is 2. The summed E-state index contributed by atoms with van der Waals surface area (Å²) in [5, 5.41) is 3.64. The topological polar surface area (TPSA) is 77.8 Å². The third-order valence-electron chi connectivity index (χ3n) is 4.28. The molecular weight excluding hydrogens is 314 g/mol. The number of hydrogen-bond donors (Lipinski definition) is 3. The fourth-order valence-corrected chi connectivity index (χ4v) is 3.23. The number of aryl methyl sites for hydroxylation is 1. The molecule has 0 radical (unpaired) electrons. The molecule has 0 saturated heterocycles. The largest absolute Gasteiger partial charge is 0.353 e. The lowest BCUT2D eigenvalue weighted by Gasteiger charge is -2.11. The number of fused-ring (bicyclic) bond motifs is 3. The van der Waals surface area contributed by atoms with E-state index in [0.29, 0.717) is 5.56 Å². The van der Waals surface area contributed by atoms with Gasteiger partial charge >= 0.3 is 0 Å². The number of anilines is 1. The minimum absolute atomic E-state index is 0.259. The zero-order chi connectivity index (χ0) is 17.6. The summed E-state index contributed by atoms with van der Waals surface area (Å²) in [6, 6.07) is 15.6. The molecule has 0 aliphatic heterocycles. The quantitative estimate of drug-likeness (QED) is 0.520. The molecule has 2 aromatic carbocycles. The minimum atomic E-state index is -0.316. The predicted molar refractivity (Wildman–Crippen MR) is 101 cm³/mol. The molecule has 4 aromatic rings. The smallest absolute Gasteiger partial charge is 0.272 e. The second-order valence-electron chi connectivity index (χ2n) is 6.18. The van der Waals surface area contributed by atoms with E-state index in [9.17, 15) is 9.59 Å². The molecule has 0 spiro atoms. The van der Waals surface area contributed by atoms with Gasteiger partial charge in [0.15, 0.2) is 0 Å². The fourth-order valence-electron chi connectivity index (χ4n) is 3.23. The predicted octanol–water partition coefficient (Wildman–Crippen LogP) is 3.94. The normalized spacial score (nSPS) is 11.1. The van der Waals surface area contributed by atoms with E-state index in [0.717, 1.165) is 33.1 Å². The average molecular weight is 331 g/mol. The maximum absolute atomic E-state index is 12.7. The summed E-state index contributed by atoms with van der Waals surface area (Å²) in [5.74, 6) is -0.283. The summed E-state index contributed by atoms with van der Waals surface area (Å²) in [5.41, 5.74) is 5.11. The van der Waals surface area contributed by atoms with E-state index in [-0.39, 0.29) is 17.2 Å². The summed E-state index contributed by atoms with van der Waals surface area (Å²) in [6.45, 7) is 3.41. The van der Waals surface area contributed by atoms with Gasteiger partial charge in [-0.15, -0.1) is 0 Å². The summed E-state index contributed by atoms with van der Waals surface area (Å²) in [7, 11) is 0. The summed E-state index contributed by atoms with van der Waals surface area (Å²) >= 11 is 0. The number of nitrogens with one attached hydrogen (secondary N) is 3. The zero-order valence-electron chi connectivity index (χ0n) is 13.9. The SMILES string of the molecule is CC(=O)Nc1c(-c2ccccc2)c2[nH]c3ccc(C)cc3c2[nH]c1=O. The Balaban J connectivity index is 2.18. The van der Waals surface area contributed by atoms with Gasteiger partial charge in [-0.05, 0) is 24.6 Å². The Labute approximate surface area is 143 Å². The molecule has 0 fully saturated rings. The molecular formula is C20H17N3O2. The van der Waals surface area contributed by atoms with Gasteiger partial charge in [0.25, 0.3) is 5.56 Å². The zero-order valence-corrected chi connectivity index (χ0v) is 13.9. The Morgan fingerprint density at radius 3 is 2.48 bits per heavy atom. The molecule has 0 atom stereocenters. The summed E-state index contributed by atoms with van der Waals surface area (Å²) in [4.78, 5) is 30.6. The molecule has 1 amide bonds. The summed E-state index contributed by atoms with van der Waals surface area (Å²) in [6.07, 6.45) is 0. The number of hydrogen-bond acceptors (Lipinski definition) is 2. The highest BCUT2D eigenvalue weighted by Crippen LogP contribution is 2.35. The molecule has 0 bridgehead atoms. The van der Waals surface area contributed by atoms with E-state index < -0.39 is 0 Å². The molecule has 3 N–H and O–H groups in total. The van der Waals surface area contributed by atoms with Gasteiger partial charge in [0.2, 0.25) is 5.91 Å². The van der Waals surface area contributed by atoms with Crippen molar-refractivity contribution in [3.63, 3.8) is 0 Å². The van der Waals surface area contributed by atoms with Crippen LogP contribution in [0, 0.1) is 6.92 Å². The van der Waals surface area contributed by atoms with Crippen LogP contribution < -0.4 is 10.9 Å². The third-order valence-corrected chi connectivity index (χ3v) is 4.28. The van der Waals surface area contributed by atoms with Gasteiger partial charge in [-0.1, -0.05) is 42.0 Å². The van der Waals surface area contributed by atoms with Crippen LogP contribution in [0.25, 0.3) is 33.1 Å². The molecule has 25 heavy (non-hydrogen) atoms. The van der Waals surface area contributed by atoms with Gasteiger partial charge in [-0.3, -0.25) is 9.59 Å². The van der Waals surface area contributed by atoms with Crippen LogP contribution in [-0.4, -0.2) is 15.9 Å². The average Bonchev–Trinajstić information content (AvgIpc) is 2.93. The lowest BCUT2D eigenvalue weighted by molar-refractivity contribution is -0.114. The summed E-state index contributed by atoms with van der Waals surface area (Å²) < 4.78 is 0. The van der Waals surface area contributed by atoms with Crippen LogP contribution in [0.1, 0.15) is 12.5 Å². The highest BCUT2D eigenvalue weighted by molar-refractivity contribution is 6.13. The number of aromatic amines is 2. The lowest BCUT2D eigenvalue weighted by Crippen LogP contribution is -2.18. The molecule has 124 valence electrons. The van der Waals surface area contributed by atoms with E-state index in [1.54, 1.807) is 0 Å². The minimum Gasteiger partial charge on any atom is -0.353 e. The van der Waals surface area contributed by atoms with E-state index in [4.69, 9.17) is 0 Å². The number of aromatic nitrogens is 2. The number of carbonyl (C=O) groups is 1. The van der Waals surface area contributed by atoms with Crippen LogP contribution in [0.4, 0.5) is 5.69 Å². The van der Waals surface area contributed by atoms with Crippen LogP contribution in [0.3, 0.4) is 0 Å². The standard InChI is InChI=1S/C20H17N3O2/c1-11-8-9-15-14(10-11)17-18(22-15)16(13-6-4-3-5-7-13)19(20(25)23-17)21-12(2)24/h3-10,22H,1-2H3,(H,21,24)(H,23,25). The monoisotopic (exact) mass is 331 g/mol. The first-order valence-corrected chi connectivity index (χ1v) is 8.06. The maximum Gasteiger partial charge on any atom is 0.272 e. The van der Waals surface area contributed by atoms with Crippen molar-refractivity contribution in [2.45, 2.75) is 13.8 Å². The van der Waals surface area contributed by atoms with Crippen molar-refractivity contribution in [3.05, 3.63) is 64.4 Å².